The molecule has 244 valence electrons. The number of ether oxygens (including phenoxy) is 1. The SMILES string of the molecule is Cn1c(COc2cc(C(F)(F)F)ccn2)nnc1C1CCC(c2cnn(C3CCC(N(Cc4ccccc4)C(=O)O)CC3)c2)CC1. The van der Waals surface area contributed by atoms with Gasteiger partial charge in [0.15, 0.2) is 5.82 Å². The molecule has 2 aliphatic rings. The van der Waals surface area contributed by atoms with E-state index in [2.05, 4.69) is 26.1 Å². The van der Waals surface area contributed by atoms with Crippen molar-refractivity contribution in [1.29, 1.82) is 0 Å². The van der Waals surface area contributed by atoms with Gasteiger partial charge in [-0.25, -0.2) is 9.78 Å². The summed E-state index contributed by atoms with van der Waals surface area (Å²) < 4.78 is 48.5. The van der Waals surface area contributed by atoms with Crippen LogP contribution in [-0.2, 0) is 26.4 Å². The molecule has 6 rings (SSSR count). The average molecular weight is 638 g/mol. The lowest BCUT2D eigenvalue weighted by atomic mass is 9.79. The van der Waals surface area contributed by atoms with Gasteiger partial charge >= 0.3 is 12.3 Å². The standard InChI is InChI=1S/C33H38F3N7O3/c1-41-29(21-46-30-17-26(15-16-37-30)33(34,35)36)39-40-31(41)24-9-7-23(8-10-24)25-18-38-43(20-25)28-13-11-27(12-14-28)42(32(44)45)19-22-5-3-2-4-6-22/h2-6,15-18,20,23-24,27-28H,7-14,19,21H2,1H3,(H,44,45). The monoisotopic (exact) mass is 637 g/mol. The van der Waals surface area contributed by atoms with Crippen molar-refractivity contribution in [2.75, 3.05) is 0 Å². The van der Waals surface area contributed by atoms with Gasteiger partial charge in [0.05, 0.1) is 17.8 Å². The quantitative estimate of drug-likeness (QED) is 0.208. The number of aromatic nitrogens is 6. The molecule has 0 spiro atoms. The molecule has 0 bridgehead atoms. The summed E-state index contributed by atoms with van der Waals surface area (Å²) in [6, 6.07) is 11.8. The van der Waals surface area contributed by atoms with Crippen molar-refractivity contribution in [1.82, 2.24) is 34.4 Å². The number of carbonyl (C=O) groups is 1. The maximum atomic E-state index is 13.0. The number of alkyl halides is 3. The Balaban J connectivity index is 0.994. The van der Waals surface area contributed by atoms with Crippen molar-refractivity contribution in [2.45, 2.75) is 94.6 Å². The lowest BCUT2D eigenvalue weighted by Crippen LogP contribution is -2.41. The molecule has 2 fully saturated rings. The number of rotatable bonds is 9. The number of carboxylic acid groups (broad SMARTS) is 1. The smallest absolute Gasteiger partial charge is 0.416 e. The maximum Gasteiger partial charge on any atom is 0.416 e. The molecule has 0 radical (unpaired) electrons. The topological polar surface area (TPSA) is 111 Å². The van der Waals surface area contributed by atoms with Gasteiger partial charge in [0.2, 0.25) is 5.88 Å². The molecule has 10 nitrogen and oxygen atoms in total. The van der Waals surface area contributed by atoms with Gasteiger partial charge in [-0.2, -0.15) is 18.3 Å². The first-order valence-corrected chi connectivity index (χ1v) is 15.8. The van der Waals surface area contributed by atoms with E-state index in [9.17, 15) is 23.1 Å². The van der Waals surface area contributed by atoms with Crippen LogP contribution in [0.2, 0.25) is 0 Å². The molecule has 1 N–H and O–H groups in total. The Bertz CT molecular complexity index is 1610. The van der Waals surface area contributed by atoms with Crippen LogP contribution in [0.3, 0.4) is 0 Å². The van der Waals surface area contributed by atoms with Gasteiger partial charge in [0, 0.05) is 44.0 Å². The molecule has 0 atom stereocenters. The van der Waals surface area contributed by atoms with E-state index < -0.39 is 17.8 Å². The van der Waals surface area contributed by atoms with E-state index in [1.54, 1.807) is 4.90 Å². The molecule has 13 heteroatoms. The Morgan fingerprint density at radius 2 is 1.72 bits per heavy atom. The second-order valence-electron chi connectivity index (χ2n) is 12.4. The van der Waals surface area contributed by atoms with Crippen LogP contribution in [0.15, 0.2) is 61.1 Å². The number of nitrogens with zero attached hydrogens (tertiary/aromatic N) is 7. The molecule has 4 aromatic rings. The number of amides is 1. The molecule has 1 aromatic carbocycles. The van der Waals surface area contributed by atoms with E-state index in [0.29, 0.717) is 18.3 Å². The summed E-state index contributed by atoms with van der Waals surface area (Å²) in [6.45, 7) is 0.371. The zero-order chi connectivity index (χ0) is 32.3. The summed E-state index contributed by atoms with van der Waals surface area (Å²) in [5, 5.41) is 23.3. The van der Waals surface area contributed by atoms with Crippen molar-refractivity contribution in [3.05, 3.63) is 89.4 Å². The molecule has 3 heterocycles. The lowest BCUT2D eigenvalue weighted by molar-refractivity contribution is -0.137. The molecule has 0 unspecified atom stereocenters. The van der Waals surface area contributed by atoms with Crippen LogP contribution < -0.4 is 4.74 Å². The number of halogens is 3. The van der Waals surface area contributed by atoms with Gasteiger partial charge < -0.3 is 19.3 Å². The molecule has 0 aliphatic heterocycles. The van der Waals surface area contributed by atoms with Crippen LogP contribution in [0.25, 0.3) is 0 Å². The fourth-order valence-corrected chi connectivity index (χ4v) is 6.88. The summed E-state index contributed by atoms with van der Waals surface area (Å²) in [4.78, 5) is 17.5. The van der Waals surface area contributed by atoms with Crippen LogP contribution in [0, 0.1) is 0 Å². The first-order valence-electron chi connectivity index (χ1n) is 15.8. The summed E-state index contributed by atoms with van der Waals surface area (Å²) in [7, 11) is 1.86. The zero-order valence-electron chi connectivity index (χ0n) is 25.7. The average Bonchev–Trinajstić information content (AvgIpc) is 3.70. The van der Waals surface area contributed by atoms with Crippen LogP contribution >= 0.6 is 0 Å². The highest BCUT2D eigenvalue weighted by Gasteiger charge is 2.33. The minimum atomic E-state index is -4.47. The van der Waals surface area contributed by atoms with Crippen molar-refractivity contribution in [3.8, 4) is 5.88 Å². The molecule has 1 amide bonds. The number of benzene rings is 1. The Morgan fingerprint density at radius 3 is 2.41 bits per heavy atom. The molecule has 2 saturated carbocycles. The second kappa shape index (κ2) is 13.5. The van der Waals surface area contributed by atoms with Crippen molar-refractivity contribution >= 4 is 6.09 Å². The normalized spacial score (nSPS) is 22.0. The fourth-order valence-electron chi connectivity index (χ4n) is 6.88. The minimum absolute atomic E-state index is 0.00389. The van der Waals surface area contributed by atoms with Crippen molar-refractivity contribution in [2.24, 2.45) is 7.05 Å². The number of pyridine rings is 1. The second-order valence-corrected chi connectivity index (χ2v) is 12.4. The number of hydrogen-bond acceptors (Lipinski definition) is 6. The summed E-state index contributed by atoms with van der Waals surface area (Å²) in [5.41, 5.74) is 1.42. The van der Waals surface area contributed by atoms with E-state index in [-0.39, 0.29) is 30.5 Å². The molecule has 3 aromatic heterocycles. The van der Waals surface area contributed by atoms with Crippen LogP contribution in [0.4, 0.5) is 18.0 Å². The van der Waals surface area contributed by atoms with Gasteiger partial charge in [0.1, 0.15) is 12.4 Å². The fraction of sp³-hybridized carbons (Fsp3) is 0.485. The van der Waals surface area contributed by atoms with Gasteiger partial charge in [-0.1, -0.05) is 30.3 Å². The summed E-state index contributed by atoms with van der Waals surface area (Å²) in [5.74, 6) is 1.90. The lowest BCUT2D eigenvalue weighted by Gasteiger charge is -2.35. The van der Waals surface area contributed by atoms with E-state index in [1.807, 2.05) is 48.1 Å². The first kappa shape index (κ1) is 31.6. The molecule has 0 saturated heterocycles. The molecule has 2 aliphatic carbocycles. The Labute approximate surface area is 265 Å². The van der Waals surface area contributed by atoms with Gasteiger partial charge in [0.25, 0.3) is 0 Å². The molecule has 46 heavy (non-hydrogen) atoms. The third-order valence-corrected chi connectivity index (χ3v) is 9.52. The Hall–Kier alpha value is -4.42. The van der Waals surface area contributed by atoms with Gasteiger partial charge in [-0.05, 0) is 74.5 Å². The molecular formula is C33H38F3N7O3. The van der Waals surface area contributed by atoms with Crippen molar-refractivity contribution < 1.29 is 27.8 Å². The Kier molecular flexibility index (Phi) is 9.27. The molecular weight excluding hydrogens is 599 g/mol. The van der Waals surface area contributed by atoms with Crippen LogP contribution in [-0.4, -0.2) is 51.7 Å². The van der Waals surface area contributed by atoms with E-state index >= 15 is 0 Å². The summed E-state index contributed by atoms with van der Waals surface area (Å²) >= 11 is 0. The van der Waals surface area contributed by atoms with Crippen LogP contribution in [0.1, 0.15) is 97.6 Å². The highest BCUT2D eigenvalue weighted by atomic mass is 19.4. The van der Waals surface area contributed by atoms with Crippen molar-refractivity contribution in [3.63, 3.8) is 0 Å². The zero-order valence-corrected chi connectivity index (χ0v) is 25.7. The van der Waals surface area contributed by atoms with E-state index in [1.165, 1.54) is 5.56 Å². The van der Waals surface area contributed by atoms with E-state index in [0.717, 1.165) is 81.1 Å². The van der Waals surface area contributed by atoms with Gasteiger partial charge in [-0.15, -0.1) is 10.2 Å². The third-order valence-electron chi connectivity index (χ3n) is 9.52. The highest BCUT2D eigenvalue weighted by Crippen LogP contribution is 2.41. The van der Waals surface area contributed by atoms with Gasteiger partial charge in [-0.3, -0.25) is 4.68 Å². The third kappa shape index (κ3) is 7.18. The van der Waals surface area contributed by atoms with E-state index in [4.69, 9.17) is 9.84 Å². The highest BCUT2D eigenvalue weighted by molar-refractivity contribution is 5.65. The predicted octanol–water partition coefficient (Wildman–Crippen LogP) is 7.11. The largest absolute Gasteiger partial charge is 0.469 e. The predicted molar refractivity (Wildman–Crippen MR) is 162 cm³/mol. The first-order chi connectivity index (χ1) is 22.2. The Morgan fingerprint density at radius 1 is 1.00 bits per heavy atom. The minimum Gasteiger partial charge on any atom is -0.469 e. The maximum absolute atomic E-state index is 13.0. The van der Waals surface area contributed by atoms with Crippen LogP contribution in [0.5, 0.6) is 5.88 Å². The number of hydrogen-bond donors (Lipinski definition) is 1. The summed E-state index contributed by atoms with van der Waals surface area (Å²) in [6.07, 6.45) is 7.15.